The van der Waals surface area contributed by atoms with E-state index in [4.69, 9.17) is 4.42 Å². The predicted molar refractivity (Wildman–Crippen MR) is 89.4 cm³/mol. The maximum absolute atomic E-state index is 13.7. The number of nitrogens with one attached hydrogen (secondary N) is 2. The fourth-order valence-corrected chi connectivity index (χ4v) is 2.21. The average Bonchev–Trinajstić information content (AvgIpc) is 3.03. The molecule has 2 amide bonds. The number of rotatable bonds is 4. The van der Waals surface area contributed by atoms with Crippen molar-refractivity contribution in [1.29, 1.82) is 0 Å². The Hall–Kier alpha value is -3.48. The largest absolute Gasteiger partial charge is 0.448 e. The van der Waals surface area contributed by atoms with Crippen LogP contribution in [0.3, 0.4) is 0 Å². The highest BCUT2D eigenvalue weighted by molar-refractivity contribution is 6.05. The van der Waals surface area contributed by atoms with E-state index in [1.165, 1.54) is 30.3 Å². The molecule has 0 bridgehead atoms. The van der Waals surface area contributed by atoms with Gasteiger partial charge in [0.1, 0.15) is 5.82 Å². The Morgan fingerprint density at radius 1 is 1.04 bits per heavy atom. The second-order valence-electron chi connectivity index (χ2n) is 5.11. The average molecular weight is 342 g/mol. The minimum absolute atomic E-state index is 0.0225. The molecule has 0 fully saturated rings. The summed E-state index contributed by atoms with van der Waals surface area (Å²) in [6, 6.07) is 9.40. The van der Waals surface area contributed by atoms with E-state index in [-0.39, 0.29) is 22.7 Å². The van der Waals surface area contributed by atoms with Crippen molar-refractivity contribution in [2.75, 3.05) is 10.6 Å². The summed E-state index contributed by atoms with van der Waals surface area (Å²) >= 11 is 0. The van der Waals surface area contributed by atoms with Crippen molar-refractivity contribution in [3.05, 3.63) is 72.5 Å². The molecular weight excluding hydrogens is 330 g/mol. The Kier molecular flexibility index (Phi) is 4.30. The van der Waals surface area contributed by atoms with Crippen LogP contribution in [-0.4, -0.2) is 11.8 Å². The number of amides is 2. The number of hydrogen-bond donors (Lipinski definition) is 2. The lowest BCUT2D eigenvalue weighted by Crippen LogP contribution is -2.13. The molecule has 2 aromatic carbocycles. The van der Waals surface area contributed by atoms with E-state index >= 15 is 0 Å². The summed E-state index contributed by atoms with van der Waals surface area (Å²) in [4.78, 5) is 23.5. The quantitative estimate of drug-likeness (QED) is 0.702. The van der Waals surface area contributed by atoms with Crippen molar-refractivity contribution in [2.24, 2.45) is 0 Å². The Balaban J connectivity index is 1.84. The normalized spacial score (nSPS) is 10.5. The van der Waals surface area contributed by atoms with E-state index in [1.54, 1.807) is 6.07 Å². The van der Waals surface area contributed by atoms with Gasteiger partial charge in [0.05, 0.1) is 5.69 Å². The first-order valence-electron chi connectivity index (χ1n) is 7.20. The number of carbonyl (C=O) groups excluding carboxylic acids is 2. The van der Waals surface area contributed by atoms with Crippen LogP contribution in [0.25, 0.3) is 11.0 Å². The molecule has 0 saturated heterocycles. The maximum atomic E-state index is 13.7. The molecule has 0 unspecified atom stereocenters. The van der Waals surface area contributed by atoms with Gasteiger partial charge in [-0.2, -0.15) is 0 Å². The topological polar surface area (TPSA) is 71.3 Å². The SMILES string of the molecule is C=CC(=O)Nc1cc(NC(=O)c2cc3cccc(F)c3o2)ccc1F. The molecule has 0 aliphatic heterocycles. The molecular formula is C18H12F2N2O3. The zero-order valence-corrected chi connectivity index (χ0v) is 12.8. The molecule has 3 rings (SSSR count). The van der Waals surface area contributed by atoms with Crippen LogP contribution < -0.4 is 10.6 Å². The van der Waals surface area contributed by atoms with Gasteiger partial charge < -0.3 is 15.1 Å². The molecule has 1 heterocycles. The number of furan rings is 1. The van der Waals surface area contributed by atoms with Crippen molar-refractivity contribution < 1.29 is 22.8 Å². The van der Waals surface area contributed by atoms with Crippen molar-refractivity contribution in [3.63, 3.8) is 0 Å². The predicted octanol–water partition coefficient (Wildman–Crippen LogP) is 4.09. The smallest absolute Gasteiger partial charge is 0.291 e. The molecule has 126 valence electrons. The lowest BCUT2D eigenvalue weighted by molar-refractivity contribution is -0.111. The number of para-hydroxylation sites is 1. The number of hydrogen-bond acceptors (Lipinski definition) is 3. The van der Waals surface area contributed by atoms with Crippen molar-refractivity contribution in [1.82, 2.24) is 0 Å². The number of fused-ring (bicyclic) bond motifs is 1. The minimum Gasteiger partial charge on any atom is -0.448 e. The molecule has 25 heavy (non-hydrogen) atoms. The number of anilines is 2. The number of benzene rings is 2. The Morgan fingerprint density at radius 3 is 2.56 bits per heavy atom. The van der Waals surface area contributed by atoms with Crippen LogP contribution in [0.15, 0.2) is 59.5 Å². The van der Waals surface area contributed by atoms with Gasteiger partial charge in [-0.05, 0) is 36.4 Å². The highest BCUT2D eigenvalue weighted by Crippen LogP contribution is 2.24. The molecule has 7 heteroatoms. The molecule has 0 radical (unpaired) electrons. The van der Waals surface area contributed by atoms with Gasteiger partial charge in [-0.15, -0.1) is 0 Å². The van der Waals surface area contributed by atoms with Crippen LogP contribution in [-0.2, 0) is 4.79 Å². The van der Waals surface area contributed by atoms with Gasteiger partial charge in [-0.1, -0.05) is 18.7 Å². The fraction of sp³-hybridized carbons (Fsp3) is 0. The van der Waals surface area contributed by atoms with Gasteiger partial charge >= 0.3 is 0 Å². The van der Waals surface area contributed by atoms with Crippen molar-refractivity contribution in [2.45, 2.75) is 0 Å². The molecule has 1 aromatic heterocycles. The summed E-state index contributed by atoms with van der Waals surface area (Å²) in [5.41, 5.74) is 0.0933. The minimum atomic E-state index is -0.668. The molecule has 0 aliphatic rings. The van der Waals surface area contributed by atoms with Crippen molar-refractivity contribution in [3.8, 4) is 0 Å². The third-order valence-electron chi connectivity index (χ3n) is 3.39. The van der Waals surface area contributed by atoms with Crippen LogP contribution in [0.2, 0.25) is 0 Å². The first-order valence-corrected chi connectivity index (χ1v) is 7.20. The van der Waals surface area contributed by atoms with Crippen molar-refractivity contribution >= 4 is 34.2 Å². The first-order chi connectivity index (χ1) is 12.0. The molecule has 0 saturated carbocycles. The third-order valence-corrected chi connectivity index (χ3v) is 3.39. The lowest BCUT2D eigenvalue weighted by Gasteiger charge is -2.08. The van der Waals surface area contributed by atoms with Crippen LogP contribution >= 0.6 is 0 Å². The number of carbonyl (C=O) groups is 2. The van der Waals surface area contributed by atoms with Crippen LogP contribution in [0, 0.1) is 11.6 Å². The highest BCUT2D eigenvalue weighted by Gasteiger charge is 2.15. The van der Waals surface area contributed by atoms with Crippen LogP contribution in [0.5, 0.6) is 0 Å². The summed E-state index contributed by atoms with van der Waals surface area (Å²) in [5, 5.41) is 5.23. The van der Waals surface area contributed by atoms with E-state index in [0.717, 1.165) is 12.1 Å². The Bertz CT molecular complexity index is 995. The monoisotopic (exact) mass is 342 g/mol. The second-order valence-corrected chi connectivity index (χ2v) is 5.11. The first kappa shape index (κ1) is 16.4. The summed E-state index contributed by atoms with van der Waals surface area (Å²) in [6.07, 6.45) is 0.994. The molecule has 0 spiro atoms. The fourth-order valence-electron chi connectivity index (χ4n) is 2.21. The molecule has 3 aromatic rings. The molecule has 0 atom stereocenters. The Labute approximate surface area is 140 Å². The third kappa shape index (κ3) is 3.40. The lowest BCUT2D eigenvalue weighted by atomic mass is 10.2. The van der Waals surface area contributed by atoms with Crippen LogP contribution in [0.1, 0.15) is 10.6 Å². The van der Waals surface area contributed by atoms with E-state index in [9.17, 15) is 18.4 Å². The van der Waals surface area contributed by atoms with Gasteiger partial charge in [-0.3, -0.25) is 9.59 Å². The second kappa shape index (κ2) is 6.56. The van der Waals surface area contributed by atoms with Gasteiger partial charge in [0.25, 0.3) is 5.91 Å². The molecule has 0 aliphatic carbocycles. The van der Waals surface area contributed by atoms with Gasteiger partial charge in [0, 0.05) is 11.1 Å². The Morgan fingerprint density at radius 2 is 1.84 bits per heavy atom. The summed E-state index contributed by atoms with van der Waals surface area (Å²) in [6.45, 7) is 3.28. The van der Waals surface area contributed by atoms with Gasteiger partial charge in [0.2, 0.25) is 5.91 Å². The molecule has 2 N–H and O–H groups in total. The van der Waals surface area contributed by atoms with E-state index in [2.05, 4.69) is 17.2 Å². The zero-order chi connectivity index (χ0) is 18.0. The summed E-state index contributed by atoms with van der Waals surface area (Å²) < 4.78 is 32.5. The van der Waals surface area contributed by atoms with Gasteiger partial charge in [0.15, 0.2) is 17.2 Å². The van der Waals surface area contributed by atoms with Gasteiger partial charge in [-0.25, -0.2) is 8.78 Å². The maximum Gasteiger partial charge on any atom is 0.291 e. The van der Waals surface area contributed by atoms with Crippen LogP contribution in [0.4, 0.5) is 20.2 Å². The summed E-state index contributed by atoms with van der Waals surface area (Å²) in [7, 11) is 0. The zero-order valence-electron chi connectivity index (χ0n) is 12.8. The van der Waals surface area contributed by atoms with E-state index < -0.39 is 23.4 Å². The summed E-state index contributed by atoms with van der Waals surface area (Å²) in [5.74, 6) is -2.56. The van der Waals surface area contributed by atoms with E-state index in [0.29, 0.717) is 5.39 Å². The number of halogens is 2. The molecule has 5 nitrogen and oxygen atoms in total. The van der Waals surface area contributed by atoms with E-state index in [1.807, 2.05) is 0 Å². The standard InChI is InChI=1S/C18H12F2N2O3/c1-2-16(23)22-14-9-11(6-7-12(14)19)21-18(24)15-8-10-4-3-5-13(20)17(10)25-15/h2-9H,1H2,(H,21,24)(H,22,23). The highest BCUT2D eigenvalue weighted by atomic mass is 19.1.